The topological polar surface area (TPSA) is 105 Å². The Labute approximate surface area is 172 Å². The van der Waals surface area contributed by atoms with Gasteiger partial charge in [-0.3, -0.25) is 4.79 Å². The molecule has 0 atom stereocenters. The van der Waals surface area contributed by atoms with Crippen LogP contribution in [0.25, 0.3) is 21.3 Å². The number of carboxylic acids is 1. The number of fused-ring (bicyclic) bond motifs is 1. The molecule has 0 spiro atoms. The summed E-state index contributed by atoms with van der Waals surface area (Å²) in [5, 5.41) is 14.1. The van der Waals surface area contributed by atoms with E-state index in [1.807, 2.05) is 18.2 Å². The van der Waals surface area contributed by atoms with E-state index in [2.05, 4.69) is 10.3 Å². The molecule has 0 fully saturated rings. The van der Waals surface area contributed by atoms with Gasteiger partial charge in [-0.25, -0.2) is 14.2 Å². The molecule has 29 heavy (non-hydrogen) atoms. The number of nitrogens with two attached hydrogens (primary N) is 1. The first-order chi connectivity index (χ1) is 14.0. The van der Waals surface area contributed by atoms with Crippen molar-refractivity contribution in [3.05, 3.63) is 69.8 Å². The second kappa shape index (κ2) is 7.70. The van der Waals surface area contributed by atoms with Gasteiger partial charge in [0.2, 0.25) is 0 Å². The third-order valence-electron chi connectivity index (χ3n) is 4.28. The fourth-order valence-electron chi connectivity index (χ4n) is 2.89. The maximum absolute atomic E-state index is 14.5. The largest absolute Gasteiger partial charge is 0.478 e. The SMILES string of the molecule is NCc1ccc(-c2csc(NC(=O)c3nc4ccccc4s3)c2C(=O)O)c(F)c1. The van der Waals surface area contributed by atoms with Crippen LogP contribution in [0.5, 0.6) is 0 Å². The molecule has 9 heteroatoms. The first-order valence-electron chi connectivity index (χ1n) is 8.48. The van der Waals surface area contributed by atoms with Crippen LogP contribution in [0.4, 0.5) is 9.39 Å². The Morgan fingerprint density at radius 3 is 2.66 bits per heavy atom. The zero-order chi connectivity index (χ0) is 20.5. The van der Waals surface area contributed by atoms with Crippen LogP contribution >= 0.6 is 22.7 Å². The summed E-state index contributed by atoms with van der Waals surface area (Å²) < 4.78 is 15.3. The Hall–Kier alpha value is -3.14. The van der Waals surface area contributed by atoms with Gasteiger partial charge in [-0.2, -0.15) is 0 Å². The lowest BCUT2D eigenvalue weighted by Crippen LogP contribution is -2.13. The Morgan fingerprint density at radius 1 is 1.17 bits per heavy atom. The standard InChI is InChI=1S/C20H14FN3O3S2/c21-13-7-10(8-22)5-6-11(13)12-9-28-18(16(12)20(26)27)24-17(25)19-23-14-3-1-2-4-15(14)29-19/h1-7,9H,8,22H2,(H,24,25)(H,26,27). The van der Waals surface area contributed by atoms with Gasteiger partial charge in [-0.1, -0.05) is 24.3 Å². The molecule has 2 heterocycles. The number of benzene rings is 2. The lowest BCUT2D eigenvalue weighted by molar-refractivity contribution is 0.0699. The van der Waals surface area contributed by atoms with E-state index in [0.29, 0.717) is 11.1 Å². The molecule has 4 N–H and O–H groups in total. The summed E-state index contributed by atoms with van der Waals surface area (Å²) in [5.41, 5.74) is 6.98. The number of nitrogens with zero attached hydrogens (tertiary/aromatic N) is 1. The second-order valence-corrected chi connectivity index (χ2v) is 8.03. The monoisotopic (exact) mass is 427 g/mol. The average Bonchev–Trinajstić information content (AvgIpc) is 3.32. The molecule has 0 bridgehead atoms. The predicted molar refractivity (Wildman–Crippen MR) is 112 cm³/mol. The van der Waals surface area contributed by atoms with Gasteiger partial charge >= 0.3 is 5.97 Å². The van der Waals surface area contributed by atoms with Crippen molar-refractivity contribution in [2.45, 2.75) is 6.54 Å². The summed E-state index contributed by atoms with van der Waals surface area (Å²) in [6.07, 6.45) is 0. The number of rotatable bonds is 5. The van der Waals surface area contributed by atoms with Crippen molar-refractivity contribution in [1.29, 1.82) is 0 Å². The Morgan fingerprint density at radius 2 is 1.97 bits per heavy atom. The van der Waals surface area contributed by atoms with Gasteiger partial charge in [-0.15, -0.1) is 22.7 Å². The van der Waals surface area contributed by atoms with Crippen LogP contribution < -0.4 is 11.1 Å². The number of para-hydroxylation sites is 1. The smallest absolute Gasteiger partial charge is 0.339 e. The molecule has 4 aromatic rings. The van der Waals surface area contributed by atoms with E-state index in [-0.39, 0.29) is 33.2 Å². The summed E-state index contributed by atoms with van der Waals surface area (Å²) in [5.74, 6) is -2.35. The van der Waals surface area contributed by atoms with E-state index in [1.54, 1.807) is 12.1 Å². The number of carbonyl (C=O) groups excluding carboxylic acids is 1. The number of amides is 1. The van der Waals surface area contributed by atoms with Crippen LogP contribution in [0.15, 0.2) is 47.8 Å². The number of carboxylic acid groups (broad SMARTS) is 1. The summed E-state index contributed by atoms with van der Waals surface area (Å²) in [6.45, 7) is 0.177. The van der Waals surface area contributed by atoms with E-state index < -0.39 is 17.7 Å². The van der Waals surface area contributed by atoms with Crippen molar-refractivity contribution in [2.75, 3.05) is 5.32 Å². The van der Waals surface area contributed by atoms with Crippen molar-refractivity contribution >= 4 is 49.8 Å². The van der Waals surface area contributed by atoms with E-state index in [1.165, 1.54) is 28.8 Å². The van der Waals surface area contributed by atoms with Crippen LogP contribution in [-0.2, 0) is 6.54 Å². The summed E-state index contributed by atoms with van der Waals surface area (Å²) in [4.78, 5) is 28.8. The second-order valence-electron chi connectivity index (χ2n) is 6.12. The molecule has 0 aliphatic heterocycles. The van der Waals surface area contributed by atoms with Gasteiger partial charge in [0.15, 0.2) is 5.01 Å². The van der Waals surface area contributed by atoms with Crippen LogP contribution in [0.3, 0.4) is 0 Å². The number of aromatic nitrogens is 1. The predicted octanol–water partition coefficient (Wildman–Crippen LogP) is 4.57. The minimum Gasteiger partial charge on any atom is -0.478 e. The van der Waals surface area contributed by atoms with Gasteiger partial charge in [-0.05, 0) is 23.8 Å². The number of halogens is 1. The molecule has 6 nitrogen and oxygen atoms in total. The number of carbonyl (C=O) groups is 2. The molecule has 0 unspecified atom stereocenters. The Kier molecular flexibility index (Phi) is 5.10. The highest BCUT2D eigenvalue weighted by atomic mass is 32.1. The van der Waals surface area contributed by atoms with Crippen LogP contribution in [0, 0.1) is 5.82 Å². The molecule has 0 aliphatic rings. The first-order valence-corrected chi connectivity index (χ1v) is 10.2. The minimum atomic E-state index is -1.26. The number of hydrogen-bond donors (Lipinski definition) is 3. The molecule has 0 aliphatic carbocycles. The zero-order valence-corrected chi connectivity index (χ0v) is 16.4. The van der Waals surface area contributed by atoms with Crippen LogP contribution in [0.2, 0.25) is 0 Å². The van der Waals surface area contributed by atoms with E-state index in [0.717, 1.165) is 16.0 Å². The van der Waals surface area contributed by atoms with Crippen molar-refractivity contribution in [1.82, 2.24) is 4.98 Å². The highest BCUT2D eigenvalue weighted by Crippen LogP contribution is 2.37. The average molecular weight is 427 g/mol. The molecule has 0 saturated carbocycles. The molecule has 0 radical (unpaired) electrons. The van der Waals surface area contributed by atoms with E-state index in [9.17, 15) is 19.1 Å². The Bertz CT molecular complexity index is 1220. The normalized spacial score (nSPS) is 11.0. The number of anilines is 1. The zero-order valence-electron chi connectivity index (χ0n) is 14.8. The number of hydrogen-bond acceptors (Lipinski definition) is 6. The summed E-state index contributed by atoms with van der Waals surface area (Å²) in [6, 6.07) is 11.7. The molecule has 0 saturated heterocycles. The number of nitrogens with one attached hydrogen (secondary N) is 1. The van der Waals surface area contributed by atoms with Crippen LogP contribution in [0.1, 0.15) is 25.7 Å². The van der Waals surface area contributed by atoms with Gasteiger partial charge in [0.25, 0.3) is 5.91 Å². The fourth-order valence-corrected chi connectivity index (χ4v) is 4.70. The number of thiazole rings is 1. The maximum Gasteiger partial charge on any atom is 0.339 e. The van der Waals surface area contributed by atoms with Gasteiger partial charge in [0.1, 0.15) is 16.4 Å². The van der Waals surface area contributed by atoms with Crippen LogP contribution in [-0.4, -0.2) is 22.0 Å². The van der Waals surface area contributed by atoms with Crippen molar-refractivity contribution in [2.24, 2.45) is 5.73 Å². The molecule has 2 aromatic carbocycles. The highest BCUT2D eigenvalue weighted by molar-refractivity contribution is 7.20. The Balaban J connectivity index is 1.70. The molecular formula is C20H14FN3O3S2. The highest BCUT2D eigenvalue weighted by Gasteiger charge is 2.24. The number of thiophene rings is 1. The summed E-state index contributed by atoms with van der Waals surface area (Å²) >= 11 is 2.23. The minimum absolute atomic E-state index is 0.124. The van der Waals surface area contributed by atoms with E-state index >= 15 is 0 Å². The molecular weight excluding hydrogens is 413 g/mol. The first kappa shape index (κ1) is 19.2. The van der Waals surface area contributed by atoms with Crippen molar-refractivity contribution in [3.8, 4) is 11.1 Å². The molecule has 1 amide bonds. The van der Waals surface area contributed by atoms with E-state index in [4.69, 9.17) is 5.73 Å². The molecule has 4 rings (SSSR count). The van der Waals surface area contributed by atoms with Gasteiger partial charge in [0, 0.05) is 23.1 Å². The summed E-state index contributed by atoms with van der Waals surface area (Å²) in [7, 11) is 0. The van der Waals surface area contributed by atoms with Crippen molar-refractivity contribution in [3.63, 3.8) is 0 Å². The lowest BCUT2D eigenvalue weighted by Gasteiger charge is -2.07. The van der Waals surface area contributed by atoms with Gasteiger partial charge < -0.3 is 16.2 Å². The lowest BCUT2D eigenvalue weighted by atomic mass is 10.0. The number of aromatic carboxylic acids is 1. The third-order valence-corrected chi connectivity index (χ3v) is 6.21. The maximum atomic E-state index is 14.5. The quantitative estimate of drug-likeness (QED) is 0.433. The molecule has 2 aromatic heterocycles. The third kappa shape index (κ3) is 3.63. The van der Waals surface area contributed by atoms with Crippen molar-refractivity contribution < 1.29 is 19.1 Å². The fraction of sp³-hybridized carbons (Fsp3) is 0.0500. The molecule has 146 valence electrons. The van der Waals surface area contributed by atoms with Gasteiger partial charge in [0.05, 0.1) is 10.2 Å².